The number of anilines is 1. The number of carbonyl (C=O) groups excluding carboxylic acids is 1. The first kappa shape index (κ1) is 16.0. The van der Waals surface area contributed by atoms with Crippen molar-refractivity contribution in [1.82, 2.24) is 0 Å². The number of ketones is 1. The molecular weight excluding hydrogens is 314 g/mol. The molecule has 2 aliphatic heterocycles. The van der Waals surface area contributed by atoms with Crippen LogP contribution in [0.1, 0.15) is 48.3 Å². The van der Waals surface area contributed by atoms with Crippen molar-refractivity contribution in [3.05, 3.63) is 53.1 Å². The van der Waals surface area contributed by atoms with E-state index in [0.717, 1.165) is 28.3 Å². The van der Waals surface area contributed by atoms with Crippen molar-refractivity contribution in [3.63, 3.8) is 0 Å². The molecule has 2 aromatic carbocycles. The molecule has 2 atom stereocenters. The molecule has 0 radical (unpaired) electrons. The van der Waals surface area contributed by atoms with Crippen LogP contribution in [0.5, 0.6) is 11.5 Å². The average molecular weight is 337 g/mol. The van der Waals surface area contributed by atoms with Crippen LogP contribution in [0.2, 0.25) is 0 Å². The van der Waals surface area contributed by atoms with Gasteiger partial charge in [0.2, 0.25) is 0 Å². The number of fused-ring (bicyclic) bond motifs is 4. The van der Waals surface area contributed by atoms with Crippen molar-refractivity contribution in [3.8, 4) is 11.5 Å². The number of hydrogen-bond donors (Lipinski definition) is 1. The Bertz CT molecular complexity index is 842. The van der Waals surface area contributed by atoms with Gasteiger partial charge in [0.05, 0.1) is 25.3 Å². The van der Waals surface area contributed by atoms with Gasteiger partial charge in [0, 0.05) is 22.6 Å². The Labute approximate surface area is 148 Å². The molecule has 2 unspecified atom stereocenters. The SMILES string of the molecule is COc1cccc2c1C1Nc3ccc(C(C)=O)cc3C(C)(C)C1CO2. The fourth-order valence-corrected chi connectivity index (χ4v) is 4.20. The van der Waals surface area contributed by atoms with Crippen LogP contribution < -0.4 is 14.8 Å². The van der Waals surface area contributed by atoms with Crippen molar-refractivity contribution < 1.29 is 14.3 Å². The first-order valence-electron chi connectivity index (χ1n) is 8.65. The molecule has 0 aromatic heterocycles. The molecule has 1 N–H and O–H groups in total. The van der Waals surface area contributed by atoms with Crippen LogP contribution in [0.4, 0.5) is 5.69 Å². The molecule has 0 aliphatic carbocycles. The van der Waals surface area contributed by atoms with Gasteiger partial charge in [-0.2, -0.15) is 0 Å². The van der Waals surface area contributed by atoms with Crippen LogP contribution >= 0.6 is 0 Å². The second-order valence-corrected chi connectivity index (χ2v) is 7.45. The topological polar surface area (TPSA) is 47.6 Å². The van der Waals surface area contributed by atoms with Gasteiger partial charge < -0.3 is 14.8 Å². The summed E-state index contributed by atoms with van der Waals surface area (Å²) < 4.78 is 11.7. The molecular formula is C21H23NO3. The Kier molecular flexibility index (Phi) is 3.53. The Hall–Kier alpha value is -2.49. The molecule has 0 spiro atoms. The van der Waals surface area contributed by atoms with Crippen LogP contribution in [0.3, 0.4) is 0 Å². The quantitative estimate of drug-likeness (QED) is 0.828. The van der Waals surface area contributed by atoms with Crippen LogP contribution in [0, 0.1) is 5.92 Å². The van der Waals surface area contributed by atoms with Crippen molar-refractivity contribution in [2.45, 2.75) is 32.2 Å². The summed E-state index contributed by atoms with van der Waals surface area (Å²) in [6.07, 6.45) is 0. The standard InChI is InChI=1S/C21H23NO3/c1-12(23)13-8-9-16-14(10-13)21(2,3)15-11-25-18-7-5-6-17(24-4)19(18)20(15)22-16/h5-10,15,20,22H,11H2,1-4H3. The lowest BCUT2D eigenvalue weighted by Gasteiger charge is -2.48. The molecule has 25 heavy (non-hydrogen) atoms. The lowest BCUT2D eigenvalue weighted by atomic mass is 9.65. The van der Waals surface area contributed by atoms with Gasteiger partial charge in [0.15, 0.2) is 5.78 Å². The maximum absolute atomic E-state index is 11.8. The highest BCUT2D eigenvalue weighted by molar-refractivity contribution is 5.95. The van der Waals surface area contributed by atoms with Crippen LogP contribution in [0.15, 0.2) is 36.4 Å². The summed E-state index contributed by atoms with van der Waals surface area (Å²) in [5.74, 6) is 2.06. The first-order chi connectivity index (χ1) is 11.9. The number of Topliss-reactive ketones (excluding diaryl/α,β-unsaturated/α-hetero) is 1. The third-order valence-electron chi connectivity index (χ3n) is 5.74. The molecule has 2 heterocycles. The normalized spacial score (nSPS) is 22.6. The van der Waals surface area contributed by atoms with Crippen molar-refractivity contribution in [1.29, 1.82) is 0 Å². The summed E-state index contributed by atoms with van der Waals surface area (Å²) in [6.45, 7) is 6.71. The Morgan fingerprint density at radius 1 is 1.28 bits per heavy atom. The summed E-state index contributed by atoms with van der Waals surface area (Å²) >= 11 is 0. The minimum absolute atomic E-state index is 0.0904. The molecule has 0 saturated carbocycles. The number of ether oxygens (including phenoxy) is 2. The van der Waals surface area contributed by atoms with Crippen LogP contribution in [-0.2, 0) is 5.41 Å². The zero-order valence-corrected chi connectivity index (χ0v) is 15.1. The van der Waals surface area contributed by atoms with E-state index < -0.39 is 0 Å². The molecule has 0 amide bonds. The molecule has 4 nitrogen and oxygen atoms in total. The minimum Gasteiger partial charge on any atom is -0.496 e. The smallest absolute Gasteiger partial charge is 0.159 e. The maximum atomic E-state index is 11.8. The zero-order chi connectivity index (χ0) is 17.8. The lowest BCUT2D eigenvalue weighted by Crippen LogP contribution is -2.46. The minimum atomic E-state index is -0.130. The average Bonchev–Trinajstić information content (AvgIpc) is 2.60. The third kappa shape index (κ3) is 2.31. The van der Waals surface area contributed by atoms with Crippen molar-refractivity contribution in [2.24, 2.45) is 5.92 Å². The maximum Gasteiger partial charge on any atom is 0.159 e. The van der Waals surface area contributed by atoms with Gasteiger partial charge in [0.1, 0.15) is 11.5 Å². The third-order valence-corrected chi connectivity index (χ3v) is 5.74. The van der Waals surface area contributed by atoms with Crippen molar-refractivity contribution in [2.75, 3.05) is 19.0 Å². The number of benzene rings is 2. The van der Waals surface area contributed by atoms with Gasteiger partial charge in [-0.05, 0) is 42.8 Å². The lowest BCUT2D eigenvalue weighted by molar-refractivity contribution is 0.101. The van der Waals surface area contributed by atoms with E-state index in [9.17, 15) is 4.79 Å². The largest absolute Gasteiger partial charge is 0.496 e. The second-order valence-electron chi connectivity index (χ2n) is 7.45. The number of carbonyl (C=O) groups is 1. The summed E-state index contributed by atoms with van der Waals surface area (Å²) in [7, 11) is 1.69. The highest BCUT2D eigenvalue weighted by Crippen LogP contribution is 2.54. The summed E-state index contributed by atoms with van der Waals surface area (Å²) in [6, 6.07) is 12.0. The monoisotopic (exact) mass is 337 g/mol. The summed E-state index contributed by atoms with van der Waals surface area (Å²) in [5, 5.41) is 3.68. The first-order valence-corrected chi connectivity index (χ1v) is 8.65. The Morgan fingerprint density at radius 3 is 2.80 bits per heavy atom. The van der Waals surface area contributed by atoms with Crippen LogP contribution in [0.25, 0.3) is 0 Å². The van der Waals surface area contributed by atoms with Gasteiger partial charge in [-0.3, -0.25) is 4.79 Å². The number of hydrogen-bond acceptors (Lipinski definition) is 4. The van der Waals surface area contributed by atoms with E-state index in [2.05, 4.69) is 19.2 Å². The number of rotatable bonds is 2. The van der Waals surface area contributed by atoms with E-state index >= 15 is 0 Å². The van der Waals surface area contributed by atoms with E-state index in [4.69, 9.17) is 9.47 Å². The molecule has 130 valence electrons. The summed E-state index contributed by atoms with van der Waals surface area (Å²) in [5.41, 5.74) is 3.95. The second kappa shape index (κ2) is 5.51. The van der Waals surface area contributed by atoms with Gasteiger partial charge in [-0.25, -0.2) is 0 Å². The van der Waals surface area contributed by atoms with Crippen LogP contribution in [-0.4, -0.2) is 19.5 Å². The van der Waals surface area contributed by atoms with E-state index in [-0.39, 0.29) is 23.2 Å². The molecule has 4 rings (SSSR count). The van der Waals surface area contributed by atoms with E-state index in [1.165, 1.54) is 5.56 Å². The predicted molar refractivity (Wildman–Crippen MR) is 97.8 cm³/mol. The highest BCUT2D eigenvalue weighted by atomic mass is 16.5. The Morgan fingerprint density at radius 2 is 2.08 bits per heavy atom. The van der Waals surface area contributed by atoms with Gasteiger partial charge in [0.25, 0.3) is 0 Å². The molecule has 0 saturated heterocycles. The van der Waals surface area contributed by atoms with Gasteiger partial charge in [-0.15, -0.1) is 0 Å². The Balaban J connectivity index is 1.87. The van der Waals surface area contributed by atoms with Gasteiger partial charge in [-0.1, -0.05) is 19.9 Å². The fraction of sp³-hybridized carbons (Fsp3) is 0.381. The molecule has 4 heteroatoms. The highest BCUT2D eigenvalue weighted by Gasteiger charge is 2.47. The van der Waals surface area contributed by atoms with Gasteiger partial charge >= 0.3 is 0 Å². The van der Waals surface area contributed by atoms with E-state index in [1.54, 1.807) is 14.0 Å². The number of nitrogens with one attached hydrogen (secondary N) is 1. The van der Waals surface area contributed by atoms with E-state index in [1.807, 2.05) is 36.4 Å². The fourth-order valence-electron chi connectivity index (χ4n) is 4.20. The van der Waals surface area contributed by atoms with Crippen molar-refractivity contribution >= 4 is 11.5 Å². The molecule has 2 aromatic rings. The van der Waals surface area contributed by atoms with E-state index in [0.29, 0.717) is 6.61 Å². The predicted octanol–water partition coefficient (Wildman–Crippen LogP) is 4.35. The molecule has 2 aliphatic rings. The zero-order valence-electron chi connectivity index (χ0n) is 15.1. The number of methoxy groups -OCH3 is 1. The molecule has 0 fully saturated rings. The molecule has 0 bridgehead atoms. The summed E-state index contributed by atoms with van der Waals surface area (Å²) in [4.78, 5) is 11.8.